The lowest BCUT2D eigenvalue weighted by Gasteiger charge is -2.16. The summed E-state index contributed by atoms with van der Waals surface area (Å²) in [5, 5.41) is 10.6. The fraction of sp³-hybridized carbons (Fsp3) is 0.300. The number of nitro groups is 1. The van der Waals surface area contributed by atoms with E-state index in [9.17, 15) is 36.9 Å². The summed E-state index contributed by atoms with van der Waals surface area (Å²) in [6.45, 7) is -2.85. The first-order chi connectivity index (χ1) is 9.05. The van der Waals surface area contributed by atoms with Crippen LogP contribution in [-0.4, -0.2) is 17.3 Å². The fourth-order valence-corrected chi connectivity index (χ4v) is 1.49. The molecule has 0 saturated carbocycles. The summed E-state index contributed by atoms with van der Waals surface area (Å²) in [6.07, 6.45) is -5.34. The molecule has 0 unspecified atom stereocenters. The van der Waals surface area contributed by atoms with Crippen LogP contribution in [0.2, 0.25) is 0 Å². The fourth-order valence-electron chi connectivity index (χ4n) is 1.49. The van der Waals surface area contributed by atoms with Gasteiger partial charge in [-0.3, -0.25) is 14.9 Å². The minimum atomic E-state index is -5.34. The first-order valence-corrected chi connectivity index (χ1v) is 4.90. The molecule has 0 saturated heterocycles. The van der Waals surface area contributed by atoms with Gasteiger partial charge in [0.05, 0.1) is 10.5 Å². The SMILES string of the molecule is CC(=O)c1ccc([N+](=O)[O-])c(C(F)(F)F)c1OC(F)F. The van der Waals surface area contributed by atoms with Gasteiger partial charge in [-0.15, -0.1) is 0 Å². The molecule has 1 aromatic carbocycles. The second kappa shape index (κ2) is 5.39. The van der Waals surface area contributed by atoms with Gasteiger partial charge >= 0.3 is 12.8 Å². The average molecular weight is 299 g/mol. The minimum absolute atomic E-state index is 0.415. The van der Waals surface area contributed by atoms with Gasteiger partial charge in [0.25, 0.3) is 5.69 Å². The Labute approximate surface area is 108 Å². The number of nitrogens with zero attached hydrogens (tertiary/aromatic N) is 1. The monoisotopic (exact) mass is 299 g/mol. The summed E-state index contributed by atoms with van der Waals surface area (Å²) in [6, 6.07) is 1.05. The molecule has 0 radical (unpaired) electrons. The smallest absolute Gasteiger partial charge is 0.426 e. The normalized spacial score (nSPS) is 11.6. The molecule has 20 heavy (non-hydrogen) atoms. The molecule has 0 atom stereocenters. The maximum absolute atomic E-state index is 12.8. The Bertz CT molecular complexity index is 555. The highest BCUT2D eigenvalue weighted by atomic mass is 19.4. The third-order valence-corrected chi connectivity index (χ3v) is 2.20. The van der Waals surface area contributed by atoms with Gasteiger partial charge in [-0.05, 0) is 13.0 Å². The Balaban J connectivity index is 3.73. The maximum Gasteiger partial charge on any atom is 0.426 e. The van der Waals surface area contributed by atoms with Crippen molar-refractivity contribution in [3.8, 4) is 5.75 Å². The number of carbonyl (C=O) groups excluding carboxylic acids is 1. The van der Waals surface area contributed by atoms with Crippen molar-refractivity contribution < 1.29 is 36.4 Å². The van der Waals surface area contributed by atoms with Crippen LogP contribution in [0.4, 0.5) is 27.6 Å². The number of hydrogen-bond donors (Lipinski definition) is 0. The number of Topliss-reactive ketones (excluding diaryl/α,β-unsaturated/α-hetero) is 1. The van der Waals surface area contributed by atoms with Gasteiger partial charge in [-0.25, -0.2) is 0 Å². The van der Waals surface area contributed by atoms with E-state index < -0.39 is 46.1 Å². The summed E-state index contributed by atoms with van der Waals surface area (Å²) < 4.78 is 66.5. The third-order valence-electron chi connectivity index (χ3n) is 2.20. The Morgan fingerprint density at radius 1 is 1.35 bits per heavy atom. The molecule has 0 heterocycles. The van der Waals surface area contributed by atoms with Crippen molar-refractivity contribution in [1.29, 1.82) is 0 Å². The molecule has 5 nitrogen and oxygen atoms in total. The lowest BCUT2D eigenvalue weighted by atomic mass is 10.0. The van der Waals surface area contributed by atoms with Crippen LogP contribution in [0.3, 0.4) is 0 Å². The Hall–Kier alpha value is -2.26. The first kappa shape index (κ1) is 15.8. The molecule has 10 heteroatoms. The molecule has 0 fully saturated rings. The van der Waals surface area contributed by atoms with Crippen molar-refractivity contribution in [1.82, 2.24) is 0 Å². The molecule has 0 aliphatic carbocycles. The van der Waals surface area contributed by atoms with Gasteiger partial charge < -0.3 is 4.74 Å². The van der Waals surface area contributed by atoms with E-state index in [0.717, 1.165) is 6.92 Å². The molecule has 0 bridgehead atoms. The Morgan fingerprint density at radius 2 is 1.90 bits per heavy atom. The van der Waals surface area contributed by atoms with Gasteiger partial charge in [-0.1, -0.05) is 0 Å². The van der Waals surface area contributed by atoms with Crippen molar-refractivity contribution in [3.63, 3.8) is 0 Å². The molecule has 0 aliphatic rings. The number of ketones is 1. The number of hydrogen-bond acceptors (Lipinski definition) is 4. The summed E-state index contributed by atoms with van der Waals surface area (Å²) in [5.41, 5.74) is -4.31. The Morgan fingerprint density at radius 3 is 2.25 bits per heavy atom. The van der Waals surface area contributed by atoms with E-state index in [1.54, 1.807) is 0 Å². The second-order valence-electron chi connectivity index (χ2n) is 3.53. The van der Waals surface area contributed by atoms with Crippen LogP contribution in [0.15, 0.2) is 12.1 Å². The van der Waals surface area contributed by atoms with Gasteiger partial charge in [-0.2, -0.15) is 22.0 Å². The van der Waals surface area contributed by atoms with E-state index in [1.807, 2.05) is 0 Å². The molecule has 0 aromatic heterocycles. The number of alkyl halides is 5. The number of carbonyl (C=O) groups is 1. The second-order valence-corrected chi connectivity index (χ2v) is 3.53. The maximum atomic E-state index is 12.8. The number of halogens is 5. The zero-order valence-corrected chi connectivity index (χ0v) is 9.70. The highest BCUT2D eigenvalue weighted by Crippen LogP contribution is 2.44. The van der Waals surface area contributed by atoms with Crippen LogP contribution in [0.5, 0.6) is 5.75 Å². The zero-order chi connectivity index (χ0) is 15.7. The predicted octanol–water partition coefficient (Wildman–Crippen LogP) is 3.42. The molecule has 1 rings (SSSR count). The predicted molar refractivity (Wildman–Crippen MR) is 54.7 cm³/mol. The largest absolute Gasteiger partial charge is 0.433 e. The summed E-state index contributed by atoms with van der Waals surface area (Å²) in [7, 11) is 0. The van der Waals surface area contributed by atoms with E-state index in [2.05, 4.69) is 4.74 Å². The Kier molecular flexibility index (Phi) is 4.26. The van der Waals surface area contributed by atoms with Gasteiger partial charge in [0.15, 0.2) is 17.1 Å². The zero-order valence-electron chi connectivity index (χ0n) is 9.70. The molecule has 0 spiro atoms. The molecular formula is C10H6F5NO4. The number of benzene rings is 1. The molecule has 0 N–H and O–H groups in total. The summed E-state index contributed by atoms with van der Waals surface area (Å²) in [5.74, 6) is -2.55. The lowest BCUT2D eigenvalue weighted by Crippen LogP contribution is -2.16. The van der Waals surface area contributed by atoms with E-state index in [4.69, 9.17) is 0 Å². The first-order valence-electron chi connectivity index (χ1n) is 4.90. The van der Waals surface area contributed by atoms with E-state index in [-0.39, 0.29) is 0 Å². The van der Waals surface area contributed by atoms with Crippen LogP contribution in [0, 0.1) is 10.1 Å². The van der Waals surface area contributed by atoms with Crippen molar-refractivity contribution >= 4 is 11.5 Å². The highest BCUT2D eigenvalue weighted by molar-refractivity contribution is 5.98. The topological polar surface area (TPSA) is 69.4 Å². The third kappa shape index (κ3) is 3.19. The van der Waals surface area contributed by atoms with E-state index in [0.29, 0.717) is 12.1 Å². The van der Waals surface area contributed by atoms with E-state index in [1.165, 1.54) is 0 Å². The minimum Gasteiger partial charge on any atom is -0.433 e. The highest BCUT2D eigenvalue weighted by Gasteiger charge is 2.44. The summed E-state index contributed by atoms with van der Waals surface area (Å²) in [4.78, 5) is 20.3. The summed E-state index contributed by atoms with van der Waals surface area (Å²) >= 11 is 0. The molecule has 0 aliphatic heterocycles. The quantitative estimate of drug-likeness (QED) is 0.370. The van der Waals surface area contributed by atoms with Crippen molar-refractivity contribution in [2.75, 3.05) is 0 Å². The number of nitro benzene ring substituents is 1. The van der Waals surface area contributed by atoms with Crippen molar-refractivity contribution in [2.24, 2.45) is 0 Å². The standard InChI is InChI=1S/C10H6F5NO4/c1-4(17)5-2-3-6(16(18)19)7(10(13,14)15)8(5)20-9(11)12/h2-3,9H,1H3. The van der Waals surface area contributed by atoms with Crippen molar-refractivity contribution in [2.45, 2.75) is 19.7 Å². The number of ether oxygens (including phenoxy) is 1. The van der Waals surface area contributed by atoms with Crippen LogP contribution >= 0.6 is 0 Å². The lowest BCUT2D eigenvalue weighted by molar-refractivity contribution is -0.388. The molecule has 110 valence electrons. The van der Waals surface area contributed by atoms with Crippen LogP contribution < -0.4 is 4.74 Å². The molecular weight excluding hydrogens is 293 g/mol. The molecule has 0 amide bonds. The number of rotatable bonds is 4. The molecule has 1 aromatic rings. The van der Waals surface area contributed by atoms with Crippen LogP contribution in [0.1, 0.15) is 22.8 Å². The van der Waals surface area contributed by atoms with E-state index >= 15 is 0 Å². The van der Waals surface area contributed by atoms with Gasteiger partial charge in [0.2, 0.25) is 0 Å². The average Bonchev–Trinajstić information content (AvgIpc) is 2.25. The van der Waals surface area contributed by atoms with Crippen LogP contribution in [0.25, 0.3) is 0 Å². The van der Waals surface area contributed by atoms with Gasteiger partial charge in [0.1, 0.15) is 0 Å². The van der Waals surface area contributed by atoms with Crippen molar-refractivity contribution in [3.05, 3.63) is 33.4 Å². The van der Waals surface area contributed by atoms with Gasteiger partial charge in [0, 0.05) is 6.07 Å². The van der Waals surface area contributed by atoms with Crippen LogP contribution in [-0.2, 0) is 6.18 Å².